The number of halogens is 3. The number of anilines is 1. The lowest BCUT2D eigenvalue weighted by molar-refractivity contribution is -0.137. The van der Waals surface area contributed by atoms with Crippen LogP contribution in [0.25, 0.3) is 10.9 Å². The summed E-state index contributed by atoms with van der Waals surface area (Å²) < 4.78 is 38.4. The molecule has 1 amide bonds. The van der Waals surface area contributed by atoms with E-state index in [1.54, 1.807) is 13.0 Å². The Morgan fingerprint density at radius 2 is 1.96 bits per heavy atom. The Balaban J connectivity index is 1.98. The molecule has 0 aliphatic carbocycles. The molecule has 0 saturated heterocycles. The van der Waals surface area contributed by atoms with Crippen molar-refractivity contribution in [1.29, 1.82) is 0 Å². The highest BCUT2D eigenvalue weighted by Gasteiger charge is 2.31. The van der Waals surface area contributed by atoms with Crippen LogP contribution in [0.2, 0.25) is 0 Å². The molecule has 0 saturated carbocycles. The number of H-pyrrole nitrogens is 2. The van der Waals surface area contributed by atoms with Crippen LogP contribution in [0.15, 0.2) is 35.1 Å². The van der Waals surface area contributed by atoms with Gasteiger partial charge < -0.3 is 10.3 Å². The van der Waals surface area contributed by atoms with Crippen molar-refractivity contribution >= 4 is 22.6 Å². The van der Waals surface area contributed by atoms with Crippen molar-refractivity contribution in [2.45, 2.75) is 13.1 Å². The van der Waals surface area contributed by atoms with Crippen LogP contribution in [-0.4, -0.2) is 21.1 Å². The van der Waals surface area contributed by atoms with Gasteiger partial charge in [-0.05, 0) is 37.3 Å². The van der Waals surface area contributed by atoms with E-state index in [2.05, 4.69) is 20.5 Å². The molecule has 9 heteroatoms. The van der Waals surface area contributed by atoms with Crippen molar-refractivity contribution in [3.63, 3.8) is 0 Å². The molecule has 0 aliphatic heterocycles. The molecule has 0 fully saturated rings. The fourth-order valence-electron chi connectivity index (χ4n) is 2.21. The second-order valence-electron chi connectivity index (χ2n) is 5.17. The first-order valence-corrected chi connectivity index (χ1v) is 6.82. The van der Waals surface area contributed by atoms with E-state index in [4.69, 9.17) is 0 Å². The molecule has 1 aromatic carbocycles. The van der Waals surface area contributed by atoms with Gasteiger partial charge in [0.15, 0.2) is 5.82 Å². The number of amides is 1. The Labute approximate surface area is 132 Å². The van der Waals surface area contributed by atoms with E-state index in [-0.39, 0.29) is 16.8 Å². The maximum absolute atomic E-state index is 12.8. The van der Waals surface area contributed by atoms with Crippen molar-refractivity contribution in [1.82, 2.24) is 15.2 Å². The molecule has 0 unspecified atom stereocenters. The Hall–Kier alpha value is -3.10. The molecule has 24 heavy (non-hydrogen) atoms. The molecule has 3 aromatic rings. The van der Waals surface area contributed by atoms with Crippen molar-refractivity contribution in [3.05, 3.63) is 57.5 Å². The normalized spacial score (nSPS) is 11.7. The van der Waals surface area contributed by atoms with E-state index in [9.17, 15) is 22.8 Å². The lowest BCUT2D eigenvalue weighted by Gasteiger charge is -2.07. The zero-order valence-corrected chi connectivity index (χ0v) is 12.3. The zero-order valence-electron chi connectivity index (χ0n) is 12.3. The van der Waals surface area contributed by atoms with Gasteiger partial charge in [-0.3, -0.25) is 14.7 Å². The first kappa shape index (κ1) is 15.8. The first-order chi connectivity index (χ1) is 11.3. The van der Waals surface area contributed by atoms with E-state index in [0.29, 0.717) is 11.2 Å². The van der Waals surface area contributed by atoms with Crippen molar-refractivity contribution in [3.8, 4) is 0 Å². The lowest BCUT2D eigenvalue weighted by atomic mass is 10.1. The number of nitrogens with zero attached hydrogens (tertiary/aromatic N) is 1. The fourth-order valence-corrected chi connectivity index (χ4v) is 2.21. The number of pyridine rings is 1. The molecule has 0 atom stereocenters. The summed E-state index contributed by atoms with van der Waals surface area (Å²) in [6, 6.07) is 5.89. The predicted octanol–water partition coefficient (Wildman–Crippen LogP) is 2.83. The smallest absolute Gasteiger partial charge is 0.326 e. The summed E-state index contributed by atoms with van der Waals surface area (Å²) in [6.45, 7) is 1.66. The number of aromatic nitrogens is 3. The molecule has 0 radical (unpaired) electrons. The number of aromatic amines is 2. The number of hydrogen-bond donors (Lipinski definition) is 3. The Kier molecular flexibility index (Phi) is 3.63. The number of hydrogen-bond acceptors (Lipinski definition) is 3. The van der Waals surface area contributed by atoms with Crippen molar-refractivity contribution in [2.75, 3.05) is 5.32 Å². The molecule has 3 rings (SSSR count). The molecule has 0 bridgehead atoms. The van der Waals surface area contributed by atoms with Gasteiger partial charge in [-0.1, -0.05) is 0 Å². The van der Waals surface area contributed by atoms with Crippen LogP contribution in [0.3, 0.4) is 0 Å². The topological polar surface area (TPSA) is 90.6 Å². The van der Waals surface area contributed by atoms with Gasteiger partial charge in [-0.25, -0.2) is 0 Å². The third-order valence-corrected chi connectivity index (χ3v) is 3.42. The number of benzene rings is 1. The van der Waals surface area contributed by atoms with Crippen LogP contribution in [0.5, 0.6) is 0 Å². The molecular weight excluding hydrogens is 325 g/mol. The summed E-state index contributed by atoms with van der Waals surface area (Å²) in [5.74, 6) is -0.844. The lowest BCUT2D eigenvalue weighted by Crippen LogP contribution is -2.23. The number of nitrogens with one attached hydrogen (secondary N) is 3. The molecule has 6 nitrogen and oxygen atoms in total. The van der Waals surface area contributed by atoms with E-state index in [1.807, 2.05) is 0 Å². The highest BCUT2D eigenvalue weighted by molar-refractivity contribution is 6.07. The fraction of sp³-hybridized carbons (Fsp3) is 0.133. The van der Waals surface area contributed by atoms with Gasteiger partial charge in [-0.15, -0.1) is 0 Å². The van der Waals surface area contributed by atoms with Gasteiger partial charge >= 0.3 is 6.18 Å². The van der Waals surface area contributed by atoms with E-state index < -0.39 is 23.2 Å². The van der Waals surface area contributed by atoms with E-state index in [0.717, 1.165) is 12.1 Å². The quantitative estimate of drug-likeness (QED) is 0.672. The highest BCUT2D eigenvalue weighted by atomic mass is 19.4. The largest absolute Gasteiger partial charge is 0.416 e. The van der Waals surface area contributed by atoms with Gasteiger partial charge in [0.25, 0.3) is 11.5 Å². The summed E-state index contributed by atoms with van der Waals surface area (Å²) in [5, 5.41) is 8.77. The molecule has 2 aromatic heterocycles. The molecule has 2 heterocycles. The minimum atomic E-state index is -4.51. The Morgan fingerprint density at radius 3 is 2.62 bits per heavy atom. The van der Waals surface area contributed by atoms with Crippen LogP contribution in [-0.2, 0) is 6.18 Å². The molecule has 3 N–H and O–H groups in total. The molecular formula is C15H11F3N4O2. The SMILES string of the molecule is Cc1ccc(C(=O)Nc2n[nH]c3ccc(C(F)(F)F)cc23)c(=O)[nH]1. The Morgan fingerprint density at radius 1 is 1.21 bits per heavy atom. The van der Waals surface area contributed by atoms with Crippen LogP contribution in [0, 0.1) is 6.92 Å². The first-order valence-electron chi connectivity index (χ1n) is 6.82. The average molecular weight is 336 g/mol. The summed E-state index contributed by atoms with van der Waals surface area (Å²) in [4.78, 5) is 26.4. The number of rotatable bonds is 2. The van der Waals surface area contributed by atoms with Crippen LogP contribution in [0.4, 0.5) is 19.0 Å². The summed E-state index contributed by atoms with van der Waals surface area (Å²) in [5.41, 5.74) is -0.708. The number of carbonyl (C=O) groups is 1. The monoisotopic (exact) mass is 336 g/mol. The molecule has 0 aliphatic rings. The van der Waals surface area contributed by atoms with Gasteiger partial charge in [0.2, 0.25) is 0 Å². The standard InChI is InChI=1S/C15H11F3N4O2/c1-7-2-4-9(13(23)19-7)14(24)20-12-10-6-8(15(16,17)18)3-5-11(10)21-22-12/h2-6H,1H3,(H,19,23)(H2,20,21,22,24). The molecule has 124 valence electrons. The third kappa shape index (κ3) is 2.87. The second kappa shape index (κ2) is 5.52. The van der Waals surface area contributed by atoms with Gasteiger partial charge in [0.1, 0.15) is 5.56 Å². The molecule has 0 spiro atoms. The van der Waals surface area contributed by atoms with Gasteiger partial charge in [0.05, 0.1) is 11.1 Å². The van der Waals surface area contributed by atoms with E-state index >= 15 is 0 Å². The van der Waals surface area contributed by atoms with Crippen LogP contribution >= 0.6 is 0 Å². The summed E-state index contributed by atoms with van der Waals surface area (Å²) in [6.07, 6.45) is -4.51. The highest BCUT2D eigenvalue weighted by Crippen LogP contribution is 2.32. The maximum atomic E-state index is 12.8. The minimum absolute atomic E-state index is 0.0823. The zero-order chi connectivity index (χ0) is 17.5. The van der Waals surface area contributed by atoms with Crippen molar-refractivity contribution in [2.24, 2.45) is 0 Å². The Bertz CT molecular complexity index is 988. The number of aryl methyl sites for hydroxylation is 1. The van der Waals surface area contributed by atoms with Crippen LogP contribution < -0.4 is 10.9 Å². The second-order valence-corrected chi connectivity index (χ2v) is 5.17. The number of carbonyl (C=O) groups excluding carboxylic acids is 1. The van der Waals surface area contributed by atoms with Crippen LogP contribution in [0.1, 0.15) is 21.6 Å². The number of fused-ring (bicyclic) bond motifs is 1. The van der Waals surface area contributed by atoms with E-state index in [1.165, 1.54) is 12.1 Å². The van der Waals surface area contributed by atoms with Gasteiger partial charge in [0, 0.05) is 11.1 Å². The van der Waals surface area contributed by atoms with Gasteiger partial charge in [-0.2, -0.15) is 18.3 Å². The third-order valence-electron chi connectivity index (χ3n) is 3.42. The summed E-state index contributed by atoms with van der Waals surface area (Å²) >= 11 is 0. The predicted molar refractivity (Wildman–Crippen MR) is 80.8 cm³/mol. The number of alkyl halides is 3. The summed E-state index contributed by atoms with van der Waals surface area (Å²) in [7, 11) is 0. The minimum Gasteiger partial charge on any atom is -0.326 e. The maximum Gasteiger partial charge on any atom is 0.416 e. The van der Waals surface area contributed by atoms with Crippen molar-refractivity contribution < 1.29 is 18.0 Å². The average Bonchev–Trinajstić information content (AvgIpc) is 2.88.